The Bertz CT molecular complexity index is 761. The summed E-state index contributed by atoms with van der Waals surface area (Å²) in [5.74, 6) is -0.454. The number of benzene rings is 2. The fraction of sp³-hybridized carbons (Fsp3) is 0.222. The van der Waals surface area contributed by atoms with Crippen LogP contribution in [0.4, 0.5) is 20.6 Å². The molecule has 1 heterocycles. The quantitative estimate of drug-likeness (QED) is 0.910. The first-order valence-corrected chi connectivity index (χ1v) is 7.71. The van der Waals surface area contributed by atoms with E-state index in [1.807, 2.05) is 31.2 Å². The molecule has 124 valence electrons. The first kappa shape index (κ1) is 16.0. The van der Waals surface area contributed by atoms with E-state index in [-0.39, 0.29) is 18.4 Å². The second-order valence-corrected chi connectivity index (χ2v) is 5.85. The number of aryl methyl sites for hydroxylation is 1. The molecule has 1 saturated heterocycles. The van der Waals surface area contributed by atoms with Gasteiger partial charge in [0.2, 0.25) is 5.91 Å². The number of hydrogen-bond acceptors (Lipinski definition) is 2. The van der Waals surface area contributed by atoms with Crippen molar-refractivity contribution in [3.63, 3.8) is 0 Å². The second-order valence-electron chi connectivity index (χ2n) is 5.85. The molecule has 3 rings (SSSR count). The number of amides is 3. The van der Waals surface area contributed by atoms with Crippen molar-refractivity contribution < 1.29 is 14.0 Å². The largest absolute Gasteiger partial charge is 0.333 e. The van der Waals surface area contributed by atoms with Crippen LogP contribution in [0.5, 0.6) is 0 Å². The van der Waals surface area contributed by atoms with Gasteiger partial charge in [-0.1, -0.05) is 23.8 Å². The van der Waals surface area contributed by atoms with E-state index in [9.17, 15) is 14.0 Å². The highest BCUT2D eigenvalue weighted by Crippen LogP contribution is 2.22. The molecule has 0 bridgehead atoms. The summed E-state index contributed by atoms with van der Waals surface area (Å²) in [4.78, 5) is 25.8. The van der Waals surface area contributed by atoms with Gasteiger partial charge in [-0.05, 0) is 37.3 Å². The lowest BCUT2D eigenvalue weighted by molar-refractivity contribution is -0.117. The molecule has 0 aromatic heterocycles. The number of anilines is 2. The van der Waals surface area contributed by atoms with Gasteiger partial charge in [-0.25, -0.2) is 9.18 Å². The second kappa shape index (κ2) is 6.70. The number of rotatable bonds is 3. The van der Waals surface area contributed by atoms with Crippen molar-refractivity contribution in [2.75, 3.05) is 16.8 Å². The van der Waals surface area contributed by atoms with Crippen molar-refractivity contribution in [3.05, 3.63) is 59.9 Å². The van der Waals surface area contributed by atoms with E-state index in [0.717, 1.165) is 11.3 Å². The van der Waals surface area contributed by atoms with E-state index < -0.39 is 11.8 Å². The van der Waals surface area contributed by atoms with Crippen LogP contribution in [0.2, 0.25) is 0 Å². The number of urea groups is 1. The topological polar surface area (TPSA) is 61.4 Å². The molecule has 0 spiro atoms. The van der Waals surface area contributed by atoms with Crippen molar-refractivity contribution in [2.45, 2.75) is 19.4 Å². The third-order valence-electron chi connectivity index (χ3n) is 3.89. The molecular formula is C18H18FN3O2. The van der Waals surface area contributed by atoms with Gasteiger partial charge in [0, 0.05) is 24.3 Å². The van der Waals surface area contributed by atoms with Crippen LogP contribution in [0.3, 0.4) is 0 Å². The number of carbonyl (C=O) groups is 2. The Hall–Kier alpha value is -2.89. The Labute approximate surface area is 139 Å². The summed E-state index contributed by atoms with van der Waals surface area (Å²) < 4.78 is 13.1. The lowest BCUT2D eigenvalue weighted by atomic mass is 10.2. The van der Waals surface area contributed by atoms with Gasteiger partial charge >= 0.3 is 6.03 Å². The van der Waals surface area contributed by atoms with E-state index in [0.29, 0.717) is 12.2 Å². The van der Waals surface area contributed by atoms with Gasteiger partial charge in [0.1, 0.15) is 5.82 Å². The number of carbonyl (C=O) groups excluding carboxylic acids is 2. The van der Waals surface area contributed by atoms with Crippen LogP contribution in [0.25, 0.3) is 0 Å². The lowest BCUT2D eigenvalue weighted by Crippen LogP contribution is -2.39. The highest BCUT2D eigenvalue weighted by molar-refractivity contribution is 5.97. The van der Waals surface area contributed by atoms with E-state index in [1.165, 1.54) is 18.2 Å². The highest BCUT2D eigenvalue weighted by atomic mass is 19.1. The Kier molecular flexibility index (Phi) is 4.46. The minimum absolute atomic E-state index is 0.0325. The fourth-order valence-electron chi connectivity index (χ4n) is 2.70. The number of nitrogens with zero attached hydrogens (tertiary/aromatic N) is 1. The molecule has 2 aromatic rings. The molecular weight excluding hydrogens is 309 g/mol. The molecule has 5 nitrogen and oxygen atoms in total. The summed E-state index contributed by atoms with van der Waals surface area (Å²) in [6.07, 6.45) is 0.241. The average Bonchev–Trinajstić information content (AvgIpc) is 2.88. The molecule has 0 radical (unpaired) electrons. The van der Waals surface area contributed by atoms with E-state index in [4.69, 9.17) is 0 Å². The van der Waals surface area contributed by atoms with Crippen LogP contribution in [0.1, 0.15) is 12.0 Å². The lowest BCUT2D eigenvalue weighted by Gasteiger charge is -2.17. The number of nitrogens with one attached hydrogen (secondary N) is 2. The van der Waals surface area contributed by atoms with Crippen LogP contribution in [-0.2, 0) is 4.79 Å². The van der Waals surface area contributed by atoms with Gasteiger partial charge in [-0.15, -0.1) is 0 Å². The summed E-state index contributed by atoms with van der Waals surface area (Å²) in [5, 5.41) is 5.32. The molecule has 0 aliphatic carbocycles. The number of hydrogen-bond donors (Lipinski definition) is 2. The molecule has 1 fully saturated rings. The minimum atomic E-state index is -0.454. The van der Waals surface area contributed by atoms with Crippen LogP contribution in [0, 0.1) is 12.7 Å². The standard InChI is InChI=1S/C18H18FN3O2/c1-12-5-7-16(8-6-12)22-11-15(10-17(22)23)21-18(24)20-14-4-2-3-13(19)9-14/h2-9,15H,10-11H2,1H3,(H2,20,21,24)/t15-/m0/s1. The SMILES string of the molecule is Cc1ccc(N2C[C@@H](NC(=O)Nc3cccc(F)c3)CC2=O)cc1. The maximum Gasteiger partial charge on any atom is 0.319 e. The minimum Gasteiger partial charge on any atom is -0.333 e. The molecule has 24 heavy (non-hydrogen) atoms. The third kappa shape index (κ3) is 3.71. The maximum absolute atomic E-state index is 13.1. The zero-order valence-corrected chi connectivity index (χ0v) is 13.3. The predicted molar refractivity (Wildman–Crippen MR) is 90.5 cm³/mol. The van der Waals surface area contributed by atoms with Gasteiger partial charge in [0.25, 0.3) is 0 Å². The zero-order chi connectivity index (χ0) is 17.1. The van der Waals surface area contributed by atoms with Gasteiger partial charge in [0.05, 0.1) is 6.04 Å². The fourth-order valence-corrected chi connectivity index (χ4v) is 2.70. The van der Waals surface area contributed by atoms with Crippen molar-refractivity contribution in [1.82, 2.24) is 5.32 Å². The smallest absolute Gasteiger partial charge is 0.319 e. The molecule has 6 heteroatoms. The number of halogens is 1. The molecule has 3 amide bonds. The van der Waals surface area contributed by atoms with Crippen molar-refractivity contribution in [2.24, 2.45) is 0 Å². The summed E-state index contributed by atoms with van der Waals surface area (Å²) in [6.45, 7) is 2.40. The molecule has 2 aromatic carbocycles. The monoisotopic (exact) mass is 327 g/mol. The molecule has 0 unspecified atom stereocenters. The predicted octanol–water partition coefficient (Wildman–Crippen LogP) is 3.06. The van der Waals surface area contributed by atoms with Gasteiger partial charge < -0.3 is 15.5 Å². The Morgan fingerprint density at radius 1 is 1.21 bits per heavy atom. The highest BCUT2D eigenvalue weighted by Gasteiger charge is 2.31. The zero-order valence-electron chi connectivity index (χ0n) is 13.3. The normalized spacial score (nSPS) is 17.0. The van der Waals surface area contributed by atoms with Crippen molar-refractivity contribution >= 4 is 23.3 Å². The van der Waals surface area contributed by atoms with Gasteiger partial charge in [0.15, 0.2) is 0 Å². The maximum atomic E-state index is 13.1. The van der Waals surface area contributed by atoms with Crippen molar-refractivity contribution in [1.29, 1.82) is 0 Å². The summed E-state index contributed by atoms with van der Waals surface area (Å²) in [5.41, 5.74) is 2.31. The Morgan fingerprint density at radius 2 is 1.96 bits per heavy atom. The molecule has 2 N–H and O–H groups in total. The molecule has 1 aliphatic rings. The van der Waals surface area contributed by atoms with Crippen LogP contribution >= 0.6 is 0 Å². The third-order valence-corrected chi connectivity index (χ3v) is 3.89. The van der Waals surface area contributed by atoms with Gasteiger partial charge in [-0.2, -0.15) is 0 Å². The van der Waals surface area contributed by atoms with E-state index in [2.05, 4.69) is 10.6 Å². The van der Waals surface area contributed by atoms with Gasteiger partial charge in [-0.3, -0.25) is 4.79 Å². The average molecular weight is 327 g/mol. The van der Waals surface area contributed by atoms with Crippen LogP contribution in [-0.4, -0.2) is 24.5 Å². The Balaban J connectivity index is 1.59. The van der Waals surface area contributed by atoms with Crippen LogP contribution < -0.4 is 15.5 Å². The molecule has 0 saturated carbocycles. The van der Waals surface area contributed by atoms with Crippen LogP contribution in [0.15, 0.2) is 48.5 Å². The molecule has 1 atom stereocenters. The first-order chi connectivity index (χ1) is 11.5. The van der Waals surface area contributed by atoms with E-state index in [1.54, 1.807) is 11.0 Å². The Morgan fingerprint density at radius 3 is 2.67 bits per heavy atom. The van der Waals surface area contributed by atoms with E-state index >= 15 is 0 Å². The first-order valence-electron chi connectivity index (χ1n) is 7.71. The molecule has 1 aliphatic heterocycles. The summed E-state index contributed by atoms with van der Waals surface area (Å²) in [6, 6.07) is 12.6. The summed E-state index contributed by atoms with van der Waals surface area (Å²) in [7, 11) is 0. The summed E-state index contributed by atoms with van der Waals surface area (Å²) >= 11 is 0. The van der Waals surface area contributed by atoms with Crippen molar-refractivity contribution in [3.8, 4) is 0 Å².